The first kappa shape index (κ1) is 14.8. The summed E-state index contributed by atoms with van der Waals surface area (Å²) in [6.45, 7) is 8.64. The predicted octanol–water partition coefficient (Wildman–Crippen LogP) is 1.58. The van der Waals surface area contributed by atoms with Gasteiger partial charge in [0, 0.05) is 32.2 Å². The van der Waals surface area contributed by atoms with E-state index >= 15 is 0 Å². The molecule has 5 nitrogen and oxygen atoms in total. The van der Waals surface area contributed by atoms with Crippen molar-refractivity contribution in [2.45, 2.75) is 20.3 Å². The molecule has 0 bridgehead atoms. The lowest BCUT2D eigenvalue weighted by molar-refractivity contribution is -0.118. The van der Waals surface area contributed by atoms with E-state index in [4.69, 9.17) is 4.74 Å². The number of carbonyl (C=O) groups excluding carboxylic acids is 1. The number of pyridine rings is 1. The van der Waals surface area contributed by atoms with E-state index in [2.05, 4.69) is 14.8 Å². The number of anilines is 1. The summed E-state index contributed by atoms with van der Waals surface area (Å²) in [6, 6.07) is 2.04. The minimum absolute atomic E-state index is 0.235. The van der Waals surface area contributed by atoms with E-state index in [1.165, 1.54) is 0 Å². The second-order valence-corrected chi connectivity index (χ2v) is 5.13. The monoisotopic (exact) mass is 277 g/mol. The molecule has 0 saturated carbocycles. The molecule has 5 heteroatoms. The van der Waals surface area contributed by atoms with Crippen molar-refractivity contribution in [3.63, 3.8) is 0 Å². The Morgan fingerprint density at radius 1 is 1.30 bits per heavy atom. The van der Waals surface area contributed by atoms with Gasteiger partial charge < -0.3 is 9.64 Å². The number of rotatable bonds is 5. The number of hydrogen-bond donors (Lipinski definition) is 0. The van der Waals surface area contributed by atoms with Gasteiger partial charge in [-0.15, -0.1) is 0 Å². The van der Waals surface area contributed by atoms with Gasteiger partial charge in [0.25, 0.3) is 0 Å². The lowest BCUT2D eigenvalue weighted by Gasteiger charge is -2.23. The van der Waals surface area contributed by atoms with Gasteiger partial charge in [0.1, 0.15) is 11.5 Å². The average Bonchev–Trinajstić information content (AvgIpc) is 2.64. The highest BCUT2D eigenvalue weighted by atomic mass is 16.5. The summed E-state index contributed by atoms with van der Waals surface area (Å²) in [7, 11) is 0. The molecule has 1 aliphatic heterocycles. The van der Waals surface area contributed by atoms with Crippen LogP contribution in [0.1, 0.15) is 20.3 Å². The molecule has 0 atom stereocenters. The van der Waals surface area contributed by atoms with Crippen molar-refractivity contribution in [3.8, 4) is 5.75 Å². The van der Waals surface area contributed by atoms with Gasteiger partial charge in [0.05, 0.1) is 31.2 Å². The van der Waals surface area contributed by atoms with Crippen LogP contribution in [0.15, 0.2) is 18.5 Å². The van der Waals surface area contributed by atoms with E-state index in [0.717, 1.165) is 44.0 Å². The second-order valence-electron chi connectivity index (χ2n) is 5.13. The van der Waals surface area contributed by atoms with Gasteiger partial charge in [-0.25, -0.2) is 0 Å². The first-order chi connectivity index (χ1) is 9.69. The molecule has 0 N–H and O–H groups in total. The number of nitrogens with zero attached hydrogens (tertiary/aromatic N) is 3. The lowest BCUT2D eigenvalue weighted by Crippen LogP contribution is -2.33. The van der Waals surface area contributed by atoms with Gasteiger partial charge in [-0.3, -0.25) is 14.7 Å². The van der Waals surface area contributed by atoms with Crippen LogP contribution in [0.4, 0.5) is 5.69 Å². The molecule has 20 heavy (non-hydrogen) atoms. The Bertz CT molecular complexity index is 450. The largest absolute Gasteiger partial charge is 0.492 e. The fourth-order valence-electron chi connectivity index (χ4n) is 2.53. The maximum atomic E-state index is 11.2. The standard InChI is InChI=1S/C15H23N3O2/c1-3-20-15-9-14(10-16-11-15)18-6-4-5-17(7-8-18)12-13(2)19/h9-11H,3-8,12H2,1-2H3. The number of aromatic nitrogens is 1. The van der Waals surface area contributed by atoms with E-state index in [-0.39, 0.29) is 5.78 Å². The molecule has 0 amide bonds. The van der Waals surface area contributed by atoms with Gasteiger partial charge in [0.15, 0.2) is 0 Å². The summed E-state index contributed by atoms with van der Waals surface area (Å²) >= 11 is 0. The molecule has 0 aromatic carbocycles. The third kappa shape index (κ3) is 4.20. The van der Waals surface area contributed by atoms with Crippen molar-refractivity contribution in [2.24, 2.45) is 0 Å². The van der Waals surface area contributed by atoms with Crippen LogP contribution in [0.25, 0.3) is 0 Å². The van der Waals surface area contributed by atoms with Gasteiger partial charge in [0.2, 0.25) is 0 Å². The van der Waals surface area contributed by atoms with Crippen LogP contribution >= 0.6 is 0 Å². The fraction of sp³-hybridized carbons (Fsp3) is 0.600. The first-order valence-electron chi connectivity index (χ1n) is 7.23. The van der Waals surface area contributed by atoms with Crippen molar-refractivity contribution in [1.29, 1.82) is 0 Å². The Morgan fingerprint density at radius 2 is 2.15 bits per heavy atom. The van der Waals surface area contributed by atoms with E-state index in [1.54, 1.807) is 13.1 Å². The zero-order valence-corrected chi connectivity index (χ0v) is 12.3. The summed E-state index contributed by atoms with van der Waals surface area (Å²) in [6.07, 6.45) is 4.68. The third-order valence-corrected chi connectivity index (χ3v) is 3.41. The zero-order valence-electron chi connectivity index (χ0n) is 12.3. The van der Waals surface area contributed by atoms with Crippen molar-refractivity contribution in [2.75, 3.05) is 44.2 Å². The van der Waals surface area contributed by atoms with Crippen molar-refractivity contribution in [1.82, 2.24) is 9.88 Å². The number of carbonyl (C=O) groups is 1. The summed E-state index contributed by atoms with van der Waals surface area (Å²) < 4.78 is 5.50. The van der Waals surface area contributed by atoms with Crippen molar-refractivity contribution in [3.05, 3.63) is 18.5 Å². The molecule has 2 heterocycles. The van der Waals surface area contributed by atoms with Gasteiger partial charge in [-0.05, 0) is 20.3 Å². The molecule has 110 valence electrons. The van der Waals surface area contributed by atoms with Crippen LogP contribution in [0, 0.1) is 0 Å². The molecule has 1 fully saturated rings. The molecule has 2 rings (SSSR count). The molecule has 1 saturated heterocycles. The molecular weight excluding hydrogens is 254 g/mol. The predicted molar refractivity (Wildman–Crippen MR) is 79.4 cm³/mol. The molecule has 1 aromatic rings. The van der Waals surface area contributed by atoms with Crippen LogP contribution in [-0.4, -0.2) is 55.0 Å². The van der Waals surface area contributed by atoms with Crippen LogP contribution in [0.2, 0.25) is 0 Å². The Hall–Kier alpha value is -1.62. The second kappa shape index (κ2) is 7.24. The molecule has 1 aromatic heterocycles. The number of ketones is 1. The Balaban J connectivity index is 1.99. The van der Waals surface area contributed by atoms with E-state index < -0.39 is 0 Å². The Kier molecular flexibility index (Phi) is 5.35. The summed E-state index contributed by atoms with van der Waals surface area (Å²) in [5.41, 5.74) is 1.10. The van der Waals surface area contributed by atoms with E-state index in [0.29, 0.717) is 13.2 Å². The minimum atomic E-state index is 0.235. The molecule has 0 unspecified atom stereocenters. The van der Waals surface area contributed by atoms with Gasteiger partial charge >= 0.3 is 0 Å². The molecule has 0 aliphatic carbocycles. The van der Waals surface area contributed by atoms with Gasteiger partial charge in [-0.1, -0.05) is 0 Å². The van der Waals surface area contributed by atoms with Crippen molar-refractivity contribution < 1.29 is 9.53 Å². The highest BCUT2D eigenvalue weighted by molar-refractivity contribution is 5.77. The Labute approximate surface area is 120 Å². The minimum Gasteiger partial charge on any atom is -0.492 e. The van der Waals surface area contributed by atoms with E-state index in [9.17, 15) is 4.79 Å². The molecular formula is C15H23N3O2. The fourth-order valence-corrected chi connectivity index (χ4v) is 2.53. The highest BCUT2D eigenvalue weighted by Crippen LogP contribution is 2.20. The first-order valence-corrected chi connectivity index (χ1v) is 7.23. The average molecular weight is 277 g/mol. The highest BCUT2D eigenvalue weighted by Gasteiger charge is 2.16. The molecule has 0 radical (unpaired) electrons. The van der Waals surface area contributed by atoms with Gasteiger partial charge in [-0.2, -0.15) is 0 Å². The van der Waals surface area contributed by atoms with Crippen LogP contribution in [0.5, 0.6) is 5.75 Å². The van der Waals surface area contributed by atoms with E-state index in [1.807, 2.05) is 19.2 Å². The van der Waals surface area contributed by atoms with Crippen LogP contribution in [0.3, 0.4) is 0 Å². The smallest absolute Gasteiger partial charge is 0.143 e. The maximum absolute atomic E-state index is 11.2. The van der Waals surface area contributed by atoms with Crippen molar-refractivity contribution >= 4 is 11.5 Å². The summed E-state index contributed by atoms with van der Waals surface area (Å²) in [5.74, 6) is 1.05. The normalized spacial score (nSPS) is 16.8. The number of ether oxygens (including phenoxy) is 1. The number of Topliss-reactive ketones (excluding diaryl/α,β-unsaturated/α-hetero) is 1. The summed E-state index contributed by atoms with van der Waals surface area (Å²) in [5, 5.41) is 0. The quantitative estimate of drug-likeness (QED) is 0.817. The molecule has 0 spiro atoms. The SMILES string of the molecule is CCOc1cncc(N2CCCN(CC(C)=O)CC2)c1. The Morgan fingerprint density at radius 3 is 2.90 bits per heavy atom. The number of hydrogen-bond acceptors (Lipinski definition) is 5. The lowest BCUT2D eigenvalue weighted by atomic mass is 10.3. The van der Waals surface area contributed by atoms with Crippen LogP contribution < -0.4 is 9.64 Å². The zero-order chi connectivity index (χ0) is 14.4. The maximum Gasteiger partial charge on any atom is 0.143 e. The molecule has 1 aliphatic rings. The van der Waals surface area contributed by atoms with Crippen LogP contribution in [-0.2, 0) is 4.79 Å². The topological polar surface area (TPSA) is 45.7 Å². The third-order valence-electron chi connectivity index (χ3n) is 3.41. The summed E-state index contributed by atoms with van der Waals surface area (Å²) in [4.78, 5) is 20.0.